The van der Waals surface area contributed by atoms with Crippen molar-refractivity contribution in [2.75, 3.05) is 13.1 Å². The van der Waals surface area contributed by atoms with Crippen molar-refractivity contribution in [1.29, 1.82) is 0 Å². The quantitative estimate of drug-likeness (QED) is 0.863. The van der Waals surface area contributed by atoms with Gasteiger partial charge in [-0.15, -0.1) is 11.3 Å². The molecule has 88 valence electrons. The monoisotopic (exact) mass is 302 g/mol. The van der Waals surface area contributed by atoms with Crippen LogP contribution in [0.2, 0.25) is 0 Å². The van der Waals surface area contributed by atoms with Gasteiger partial charge in [0.25, 0.3) is 5.91 Å². The number of hydrogen-bond donors (Lipinski definition) is 1. The molecule has 1 aliphatic rings. The number of thiophene rings is 1. The second kappa shape index (κ2) is 4.85. The number of nitrogens with zero attached hydrogens (tertiary/aromatic N) is 1. The van der Waals surface area contributed by atoms with Gasteiger partial charge in [-0.05, 0) is 41.2 Å². The molecule has 0 saturated carbocycles. The van der Waals surface area contributed by atoms with Crippen LogP contribution in [0, 0.1) is 0 Å². The summed E-state index contributed by atoms with van der Waals surface area (Å²) in [5, 5.41) is 5.31. The molecule has 5 heteroatoms. The van der Waals surface area contributed by atoms with E-state index in [1.54, 1.807) is 0 Å². The molecule has 16 heavy (non-hydrogen) atoms. The molecule has 1 saturated heterocycles. The summed E-state index contributed by atoms with van der Waals surface area (Å²) in [6.07, 6.45) is 0. The highest BCUT2D eigenvalue weighted by atomic mass is 79.9. The number of amides is 1. The molecule has 2 heterocycles. The second-order valence-corrected chi connectivity index (χ2v) is 5.85. The zero-order valence-corrected chi connectivity index (χ0v) is 11.8. The molecule has 1 fully saturated rings. The highest BCUT2D eigenvalue weighted by molar-refractivity contribution is 9.10. The van der Waals surface area contributed by atoms with Crippen molar-refractivity contribution in [3.05, 3.63) is 20.8 Å². The lowest BCUT2D eigenvalue weighted by Crippen LogP contribution is -2.57. The summed E-state index contributed by atoms with van der Waals surface area (Å²) in [6.45, 7) is 5.87. The van der Waals surface area contributed by atoms with Crippen molar-refractivity contribution in [3.8, 4) is 0 Å². The number of piperazine rings is 1. The normalized spacial score (nSPS) is 25.8. The van der Waals surface area contributed by atoms with E-state index in [9.17, 15) is 4.79 Å². The molecular formula is C11H15BrN2OS. The summed E-state index contributed by atoms with van der Waals surface area (Å²) >= 11 is 4.91. The summed E-state index contributed by atoms with van der Waals surface area (Å²) in [7, 11) is 0. The van der Waals surface area contributed by atoms with E-state index in [1.165, 1.54) is 11.3 Å². The first kappa shape index (κ1) is 12.1. The average Bonchev–Trinajstić information content (AvgIpc) is 2.68. The van der Waals surface area contributed by atoms with Crippen molar-refractivity contribution >= 4 is 33.2 Å². The molecule has 1 aromatic rings. The predicted molar refractivity (Wildman–Crippen MR) is 70.0 cm³/mol. The lowest BCUT2D eigenvalue weighted by Gasteiger charge is -2.38. The Morgan fingerprint density at radius 2 is 2.38 bits per heavy atom. The second-order valence-electron chi connectivity index (χ2n) is 4.08. The number of halogens is 1. The molecule has 1 N–H and O–H groups in total. The zero-order chi connectivity index (χ0) is 11.7. The van der Waals surface area contributed by atoms with Crippen LogP contribution in [-0.4, -0.2) is 36.0 Å². The lowest BCUT2D eigenvalue weighted by molar-refractivity contribution is 0.0607. The van der Waals surface area contributed by atoms with Crippen molar-refractivity contribution < 1.29 is 4.79 Å². The van der Waals surface area contributed by atoms with Crippen molar-refractivity contribution in [2.24, 2.45) is 0 Å². The van der Waals surface area contributed by atoms with Crippen LogP contribution in [-0.2, 0) is 0 Å². The minimum Gasteiger partial charge on any atom is -0.332 e. The molecule has 2 rings (SSSR count). The molecule has 2 unspecified atom stereocenters. The molecule has 3 nitrogen and oxygen atoms in total. The van der Waals surface area contributed by atoms with Gasteiger partial charge in [-0.25, -0.2) is 0 Å². The summed E-state index contributed by atoms with van der Waals surface area (Å²) in [5.74, 6) is 0.141. The molecular weight excluding hydrogens is 288 g/mol. The van der Waals surface area contributed by atoms with Crippen LogP contribution in [0.1, 0.15) is 23.5 Å². The van der Waals surface area contributed by atoms with Crippen molar-refractivity contribution in [1.82, 2.24) is 10.2 Å². The van der Waals surface area contributed by atoms with E-state index >= 15 is 0 Å². The van der Waals surface area contributed by atoms with Gasteiger partial charge in [-0.2, -0.15) is 0 Å². The molecule has 1 aliphatic heterocycles. The topological polar surface area (TPSA) is 32.3 Å². The van der Waals surface area contributed by atoms with Crippen LogP contribution < -0.4 is 5.32 Å². The van der Waals surface area contributed by atoms with Crippen molar-refractivity contribution in [2.45, 2.75) is 25.9 Å². The third-order valence-electron chi connectivity index (χ3n) is 3.11. The Morgan fingerprint density at radius 1 is 1.62 bits per heavy atom. The zero-order valence-electron chi connectivity index (χ0n) is 9.37. The predicted octanol–water partition coefficient (Wildman–Crippen LogP) is 2.33. The Morgan fingerprint density at radius 3 is 3.00 bits per heavy atom. The number of rotatable bonds is 1. The van der Waals surface area contributed by atoms with Gasteiger partial charge in [0, 0.05) is 29.6 Å². The van der Waals surface area contributed by atoms with E-state index in [2.05, 4.69) is 35.1 Å². The van der Waals surface area contributed by atoms with Crippen LogP contribution in [0.4, 0.5) is 0 Å². The first-order valence-corrected chi connectivity index (χ1v) is 7.06. The van der Waals surface area contributed by atoms with Crippen LogP contribution >= 0.6 is 27.3 Å². The number of carbonyl (C=O) groups is 1. The van der Waals surface area contributed by atoms with Gasteiger partial charge >= 0.3 is 0 Å². The highest BCUT2D eigenvalue weighted by Gasteiger charge is 2.29. The van der Waals surface area contributed by atoms with E-state index < -0.39 is 0 Å². The van der Waals surface area contributed by atoms with E-state index in [0.29, 0.717) is 6.04 Å². The summed E-state index contributed by atoms with van der Waals surface area (Å²) in [4.78, 5) is 15.1. The van der Waals surface area contributed by atoms with Crippen LogP contribution in [0.25, 0.3) is 0 Å². The summed E-state index contributed by atoms with van der Waals surface area (Å²) in [6, 6.07) is 2.53. The first-order valence-electron chi connectivity index (χ1n) is 5.38. The third-order valence-corrected chi connectivity index (χ3v) is 4.93. The summed E-state index contributed by atoms with van der Waals surface area (Å²) in [5.41, 5.74) is 0. The maximum atomic E-state index is 12.3. The van der Waals surface area contributed by atoms with Gasteiger partial charge in [0.05, 0.1) is 0 Å². The van der Waals surface area contributed by atoms with E-state index in [4.69, 9.17) is 0 Å². The van der Waals surface area contributed by atoms with Crippen LogP contribution in [0.5, 0.6) is 0 Å². The largest absolute Gasteiger partial charge is 0.332 e. The Hall–Kier alpha value is -0.390. The van der Waals surface area contributed by atoms with Gasteiger partial charge in [-0.3, -0.25) is 4.79 Å². The smallest absolute Gasteiger partial charge is 0.265 e. The van der Waals surface area contributed by atoms with E-state index in [1.807, 2.05) is 16.3 Å². The van der Waals surface area contributed by atoms with E-state index in [-0.39, 0.29) is 11.9 Å². The molecule has 2 atom stereocenters. The van der Waals surface area contributed by atoms with Gasteiger partial charge < -0.3 is 10.2 Å². The maximum Gasteiger partial charge on any atom is 0.265 e. The molecule has 0 radical (unpaired) electrons. The SMILES string of the molecule is CC1NCCN(C(=O)c2sccc2Br)C1C. The Labute approximate surface area is 108 Å². The number of carbonyl (C=O) groups excluding carboxylic acids is 1. The molecule has 1 aromatic heterocycles. The number of hydrogen-bond acceptors (Lipinski definition) is 3. The van der Waals surface area contributed by atoms with Gasteiger partial charge in [0.15, 0.2) is 0 Å². The van der Waals surface area contributed by atoms with Gasteiger partial charge in [-0.1, -0.05) is 0 Å². The minimum atomic E-state index is 0.141. The lowest BCUT2D eigenvalue weighted by atomic mass is 10.1. The first-order chi connectivity index (χ1) is 7.61. The van der Waals surface area contributed by atoms with Crippen molar-refractivity contribution in [3.63, 3.8) is 0 Å². The van der Waals surface area contributed by atoms with Gasteiger partial charge in [0.2, 0.25) is 0 Å². The van der Waals surface area contributed by atoms with E-state index in [0.717, 1.165) is 22.4 Å². The Kier molecular flexibility index (Phi) is 3.66. The fourth-order valence-electron chi connectivity index (χ4n) is 1.92. The van der Waals surface area contributed by atoms with Gasteiger partial charge in [0.1, 0.15) is 4.88 Å². The van der Waals surface area contributed by atoms with Crippen LogP contribution in [0.3, 0.4) is 0 Å². The molecule has 0 spiro atoms. The molecule has 0 aliphatic carbocycles. The fourth-order valence-corrected chi connectivity index (χ4v) is 3.42. The fraction of sp³-hybridized carbons (Fsp3) is 0.545. The maximum absolute atomic E-state index is 12.3. The minimum absolute atomic E-state index is 0.141. The Balaban J connectivity index is 2.18. The highest BCUT2D eigenvalue weighted by Crippen LogP contribution is 2.25. The van der Waals surface area contributed by atoms with Crippen LogP contribution in [0.15, 0.2) is 15.9 Å². The molecule has 1 amide bonds. The molecule has 0 bridgehead atoms. The number of nitrogens with one attached hydrogen (secondary N) is 1. The summed E-state index contributed by atoms with van der Waals surface area (Å²) < 4.78 is 0.904. The third kappa shape index (κ3) is 2.17. The average molecular weight is 303 g/mol. The standard InChI is InChI=1S/C11H15BrN2OS/c1-7-8(2)14(5-4-13-7)11(15)10-9(12)3-6-16-10/h3,6-8,13H,4-5H2,1-2H3. The Bertz CT molecular complexity index is 393. The molecule has 0 aromatic carbocycles.